The zero-order valence-electron chi connectivity index (χ0n) is 17.8. The van der Waals surface area contributed by atoms with Crippen LogP contribution in [0.15, 0.2) is 77.3 Å². The number of nitrogens with zero attached hydrogens (tertiary/aromatic N) is 1. The minimum Gasteiger partial charge on any atom is -0.368 e. The SMILES string of the molecule is CC.CN(Cc1ccccc1)c1c(CCc2ccc(Cl)cc2)[nH]c2cc(Br)ccc12. The Kier molecular flexibility index (Phi) is 8.01. The van der Waals surface area contributed by atoms with Crippen molar-refractivity contribution in [1.29, 1.82) is 0 Å². The molecule has 0 radical (unpaired) electrons. The van der Waals surface area contributed by atoms with E-state index >= 15 is 0 Å². The molecule has 0 aliphatic carbocycles. The van der Waals surface area contributed by atoms with Crippen molar-refractivity contribution in [2.24, 2.45) is 0 Å². The number of aryl methyl sites for hydroxylation is 2. The topological polar surface area (TPSA) is 19.0 Å². The van der Waals surface area contributed by atoms with Crippen molar-refractivity contribution in [2.45, 2.75) is 33.2 Å². The fourth-order valence-electron chi connectivity index (χ4n) is 3.68. The fourth-order valence-corrected chi connectivity index (χ4v) is 4.17. The number of H-pyrrole nitrogens is 1. The smallest absolute Gasteiger partial charge is 0.0657 e. The maximum atomic E-state index is 6.02. The molecule has 0 saturated heterocycles. The molecule has 0 spiro atoms. The maximum absolute atomic E-state index is 6.02. The Balaban J connectivity index is 0.00000124. The van der Waals surface area contributed by atoms with Crippen LogP contribution in [0, 0.1) is 0 Å². The maximum Gasteiger partial charge on any atom is 0.0657 e. The lowest BCUT2D eigenvalue weighted by molar-refractivity contribution is 0.880. The third-order valence-electron chi connectivity index (χ3n) is 5.03. The van der Waals surface area contributed by atoms with Crippen molar-refractivity contribution >= 4 is 44.1 Å². The van der Waals surface area contributed by atoms with E-state index in [1.807, 2.05) is 26.0 Å². The molecule has 2 nitrogen and oxygen atoms in total. The van der Waals surface area contributed by atoms with Crippen molar-refractivity contribution in [2.75, 3.05) is 11.9 Å². The van der Waals surface area contributed by atoms with Crippen LogP contribution in [0.4, 0.5) is 5.69 Å². The second-order valence-corrected chi connectivity index (χ2v) is 8.46. The van der Waals surface area contributed by atoms with Crippen LogP contribution in [0.3, 0.4) is 0 Å². The molecule has 1 N–H and O–H groups in total. The van der Waals surface area contributed by atoms with Gasteiger partial charge in [0.2, 0.25) is 0 Å². The van der Waals surface area contributed by atoms with E-state index in [0.717, 1.165) is 34.4 Å². The third-order valence-corrected chi connectivity index (χ3v) is 5.77. The lowest BCUT2D eigenvalue weighted by Crippen LogP contribution is -2.17. The van der Waals surface area contributed by atoms with Crippen molar-refractivity contribution in [1.82, 2.24) is 4.98 Å². The van der Waals surface area contributed by atoms with Gasteiger partial charge in [-0.3, -0.25) is 0 Å². The summed E-state index contributed by atoms with van der Waals surface area (Å²) in [5.41, 5.74) is 6.30. The van der Waals surface area contributed by atoms with Gasteiger partial charge < -0.3 is 9.88 Å². The van der Waals surface area contributed by atoms with Crippen LogP contribution in [-0.2, 0) is 19.4 Å². The number of aromatic amines is 1. The number of rotatable bonds is 6. The molecule has 3 aromatic carbocycles. The van der Waals surface area contributed by atoms with Crippen molar-refractivity contribution < 1.29 is 0 Å². The predicted molar refractivity (Wildman–Crippen MR) is 135 cm³/mol. The molecule has 4 heteroatoms. The number of fused-ring (bicyclic) bond motifs is 1. The second-order valence-electron chi connectivity index (χ2n) is 7.11. The molecular weight excluding hydrogens is 456 g/mol. The molecule has 0 atom stereocenters. The summed E-state index contributed by atoms with van der Waals surface area (Å²) in [5, 5.41) is 2.04. The first-order valence-electron chi connectivity index (χ1n) is 10.4. The van der Waals surface area contributed by atoms with E-state index in [2.05, 4.69) is 93.5 Å². The molecule has 0 fully saturated rings. The third kappa shape index (κ3) is 5.47. The quantitative estimate of drug-likeness (QED) is 0.294. The van der Waals surface area contributed by atoms with Gasteiger partial charge in [-0.1, -0.05) is 83.8 Å². The zero-order chi connectivity index (χ0) is 21.5. The van der Waals surface area contributed by atoms with E-state index in [0.29, 0.717) is 0 Å². The van der Waals surface area contributed by atoms with Gasteiger partial charge in [0.25, 0.3) is 0 Å². The Morgan fingerprint density at radius 1 is 0.867 bits per heavy atom. The minimum absolute atomic E-state index is 0.780. The highest BCUT2D eigenvalue weighted by Crippen LogP contribution is 2.34. The molecule has 0 amide bonds. The van der Waals surface area contributed by atoms with Gasteiger partial charge in [0.1, 0.15) is 0 Å². The highest BCUT2D eigenvalue weighted by Gasteiger charge is 2.16. The van der Waals surface area contributed by atoms with Gasteiger partial charge in [-0.25, -0.2) is 0 Å². The largest absolute Gasteiger partial charge is 0.368 e. The normalized spacial score (nSPS) is 10.6. The summed E-state index contributed by atoms with van der Waals surface area (Å²) >= 11 is 9.62. The van der Waals surface area contributed by atoms with Gasteiger partial charge in [-0.05, 0) is 54.3 Å². The van der Waals surface area contributed by atoms with Crippen LogP contribution in [0.5, 0.6) is 0 Å². The van der Waals surface area contributed by atoms with Gasteiger partial charge in [0.15, 0.2) is 0 Å². The number of aromatic nitrogens is 1. The van der Waals surface area contributed by atoms with E-state index in [-0.39, 0.29) is 0 Å². The van der Waals surface area contributed by atoms with E-state index in [1.54, 1.807) is 0 Å². The van der Waals surface area contributed by atoms with Gasteiger partial charge in [-0.15, -0.1) is 0 Å². The summed E-state index contributed by atoms with van der Waals surface area (Å²) < 4.78 is 1.09. The molecule has 4 aromatic rings. The summed E-state index contributed by atoms with van der Waals surface area (Å²) in [5.74, 6) is 0. The number of hydrogen-bond acceptors (Lipinski definition) is 1. The number of halogens is 2. The second kappa shape index (κ2) is 10.7. The summed E-state index contributed by atoms with van der Waals surface area (Å²) in [7, 11) is 2.17. The summed E-state index contributed by atoms with van der Waals surface area (Å²) in [6.07, 6.45) is 1.92. The van der Waals surface area contributed by atoms with Gasteiger partial charge in [0, 0.05) is 39.7 Å². The van der Waals surface area contributed by atoms with Crippen LogP contribution in [0.25, 0.3) is 10.9 Å². The average Bonchev–Trinajstić information content (AvgIpc) is 3.13. The van der Waals surface area contributed by atoms with E-state index in [4.69, 9.17) is 11.6 Å². The Morgan fingerprint density at radius 2 is 1.57 bits per heavy atom. The number of benzene rings is 3. The molecule has 4 rings (SSSR count). The summed E-state index contributed by atoms with van der Waals surface area (Å²) in [6, 6.07) is 25.2. The Bertz CT molecular complexity index is 1070. The highest BCUT2D eigenvalue weighted by molar-refractivity contribution is 9.10. The van der Waals surface area contributed by atoms with Gasteiger partial charge in [-0.2, -0.15) is 0 Å². The first-order valence-corrected chi connectivity index (χ1v) is 11.6. The molecule has 0 saturated carbocycles. The van der Waals surface area contributed by atoms with Crippen LogP contribution in [0.1, 0.15) is 30.7 Å². The fraction of sp³-hybridized carbons (Fsp3) is 0.231. The Labute approximate surface area is 193 Å². The molecule has 1 aromatic heterocycles. The van der Waals surface area contributed by atoms with E-state index in [1.165, 1.54) is 27.9 Å². The zero-order valence-corrected chi connectivity index (χ0v) is 20.1. The monoisotopic (exact) mass is 482 g/mol. The van der Waals surface area contributed by atoms with Crippen molar-refractivity contribution in [3.8, 4) is 0 Å². The van der Waals surface area contributed by atoms with E-state index in [9.17, 15) is 0 Å². The van der Waals surface area contributed by atoms with Crippen LogP contribution < -0.4 is 4.90 Å². The molecule has 0 bridgehead atoms. The first-order chi connectivity index (χ1) is 14.6. The lowest BCUT2D eigenvalue weighted by Gasteiger charge is -2.21. The summed E-state index contributed by atoms with van der Waals surface area (Å²) in [4.78, 5) is 6.00. The average molecular weight is 484 g/mol. The Morgan fingerprint density at radius 3 is 2.27 bits per heavy atom. The molecule has 156 valence electrons. The van der Waals surface area contributed by atoms with Gasteiger partial charge in [0.05, 0.1) is 5.69 Å². The molecule has 30 heavy (non-hydrogen) atoms. The highest BCUT2D eigenvalue weighted by atomic mass is 79.9. The predicted octanol–water partition coefficient (Wildman–Crippen LogP) is 8.03. The molecule has 0 aliphatic rings. The molecule has 1 heterocycles. The molecule has 0 unspecified atom stereocenters. The number of nitrogens with one attached hydrogen (secondary N) is 1. The lowest BCUT2D eigenvalue weighted by atomic mass is 10.1. The van der Waals surface area contributed by atoms with E-state index < -0.39 is 0 Å². The van der Waals surface area contributed by atoms with Crippen molar-refractivity contribution in [3.05, 3.63) is 99.1 Å². The van der Waals surface area contributed by atoms with Crippen LogP contribution in [-0.4, -0.2) is 12.0 Å². The molecule has 0 aliphatic heterocycles. The number of hydrogen-bond donors (Lipinski definition) is 1. The minimum atomic E-state index is 0.780. The van der Waals surface area contributed by atoms with Crippen molar-refractivity contribution in [3.63, 3.8) is 0 Å². The van der Waals surface area contributed by atoms with Gasteiger partial charge >= 0.3 is 0 Å². The summed E-state index contributed by atoms with van der Waals surface area (Å²) in [6.45, 7) is 4.87. The molecular formula is C26H28BrClN2. The number of anilines is 1. The first kappa shape index (κ1) is 22.5. The standard InChI is InChI=1S/C24H22BrClN2.C2H6/c1-28(16-18-5-3-2-4-6-18)24-21-13-10-19(25)15-23(21)27-22(24)14-9-17-7-11-20(26)12-8-17;1-2/h2-8,10-13,15,27H,9,14,16H2,1H3;1-2H3. The Hall–Kier alpha value is -2.23. The van der Waals surface area contributed by atoms with Crippen LogP contribution >= 0.6 is 27.5 Å². The van der Waals surface area contributed by atoms with Crippen LogP contribution in [0.2, 0.25) is 5.02 Å².